The summed E-state index contributed by atoms with van der Waals surface area (Å²) >= 11 is 0. The average molecular weight is 258 g/mol. The van der Waals surface area contributed by atoms with Gasteiger partial charge in [0.05, 0.1) is 0 Å². The van der Waals surface area contributed by atoms with Crippen molar-refractivity contribution >= 4 is 6.29 Å². The average Bonchev–Trinajstić information content (AvgIpc) is 2.48. The van der Waals surface area contributed by atoms with Crippen molar-refractivity contribution in [2.24, 2.45) is 5.41 Å². The lowest BCUT2D eigenvalue weighted by Gasteiger charge is -2.42. The number of carbonyl (C=O) groups is 1. The molecular formula is C16H22N2O. The van der Waals surface area contributed by atoms with Gasteiger partial charge >= 0.3 is 0 Å². The van der Waals surface area contributed by atoms with Crippen molar-refractivity contribution in [3.8, 4) is 0 Å². The molecule has 2 rings (SSSR count). The summed E-state index contributed by atoms with van der Waals surface area (Å²) in [4.78, 5) is 11.7. The van der Waals surface area contributed by atoms with Crippen molar-refractivity contribution < 1.29 is 4.79 Å². The summed E-state index contributed by atoms with van der Waals surface area (Å²) in [6.07, 6.45) is 4.85. The summed E-state index contributed by atoms with van der Waals surface area (Å²) in [5, 5.41) is 6.60. The van der Waals surface area contributed by atoms with E-state index in [9.17, 15) is 4.79 Å². The van der Waals surface area contributed by atoms with Crippen molar-refractivity contribution in [2.75, 3.05) is 19.6 Å². The van der Waals surface area contributed by atoms with E-state index >= 15 is 0 Å². The molecule has 1 fully saturated rings. The minimum Gasteiger partial charge on any atom is -0.391 e. The number of hydrogen-bond donors (Lipinski definition) is 2. The number of aldehydes is 1. The lowest BCUT2D eigenvalue weighted by atomic mass is 9.67. The first-order chi connectivity index (χ1) is 9.32. The van der Waals surface area contributed by atoms with Gasteiger partial charge in [0.1, 0.15) is 6.29 Å². The molecule has 0 amide bonds. The molecule has 0 aliphatic carbocycles. The van der Waals surface area contributed by atoms with Crippen LogP contribution < -0.4 is 10.6 Å². The monoisotopic (exact) mass is 258 g/mol. The molecule has 0 aromatic heterocycles. The lowest BCUT2D eigenvalue weighted by Crippen LogP contribution is -2.46. The summed E-state index contributed by atoms with van der Waals surface area (Å²) in [7, 11) is 0. The fourth-order valence-corrected chi connectivity index (χ4v) is 3.03. The van der Waals surface area contributed by atoms with E-state index in [0.717, 1.165) is 44.3 Å². The molecule has 1 unspecified atom stereocenters. The van der Waals surface area contributed by atoms with Crippen LogP contribution in [0.1, 0.15) is 24.3 Å². The summed E-state index contributed by atoms with van der Waals surface area (Å²) < 4.78 is 0. The Morgan fingerprint density at radius 1 is 1.32 bits per heavy atom. The van der Waals surface area contributed by atoms with E-state index in [1.807, 2.05) is 18.2 Å². The Morgan fingerprint density at radius 3 is 2.58 bits per heavy atom. The Labute approximate surface area is 115 Å². The van der Waals surface area contributed by atoms with E-state index in [-0.39, 0.29) is 11.3 Å². The molecule has 0 saturated carbocycles. The van der Waals surface area contributed by atoms with E-state index < -0.39 is 0 Å². The number of rotatable bonds is 6. The van der Waals surface area contributed by atoms with Crippen molar-refractivity contribution in [3.05, 3.63) is 48.7 Å². The van der Waals surface area contributed by atoms with E-state index in [2.05, 4.69) is 29.3 Å². The number of hydrogen-bond acceptors (Lipinski definition) is 3. The summed E-state index contributed by atoms with van der Waals surface area (Å²) in [5.41, 5.74) is 1.10. The van der Waals surface area contributed by atoms with Crippen LogP contribution in [0.3, 0.4) is 0 Å². The van der Waals surface area contributed by atoms with E-state index in [0.29, 0.717) is 0 Å². The zero-order valence-corrected chi connectivity index (χ0v) is 11.3. The number of piperidine rings is 1. The van der Waals surface area contributed by atoms with E-state index in [1.165, 1.54) is 0 Å². The Bertz CT molecular complexity index is 410. The first-order valence-corrected chi connectivity index (χ1v) is 6.88. The largest absolute Gasteiger partial charge is 0.391 e. The van der Waals surface area contributed by atoms with E-state index in [1.54, 1.807) is 6.20 Å². The predicted molar refractivity (Wildman–Crippen MR) is 78.0 cm³/mol. The fraction of sp³-hybridized carbons (Fsp3) is 0.438. The molecule has 0 spiro atoms. The topological polar surface area (TPSA) is 41.1 Å². The molecule has 0 bridgehead atoms. The second kappa shape index (κ2) is 6.53. The molecule has 2 N–H and O–H groups in total. The number of benzene rings is 1. The van der Waals surface area contributed by atoms with Crippen LogP contribution in [-0.4, -0.2) is 25.9 Å². The summed E-state index contributed by atoms with van der Waals surface area (Å²) in [6.45, 7) is 6.46. The third-order valence-corrected chi connectivity index (χ3v) is 4.15. The van der Waals surface area contributed by atoms with Crippen molar-refractivity contribution in [1.82, 2.24) is 10.6 Å². The predicted octanol–water partition coefficient (Wildman–Crippen LogP) is 2.07. The van der Waals surface area contributed by atoms with Crippen LogP contribution >= 0.6 is 0 Å². The zero-order valence-electron chi connectivity index (χ0n) is 11.3. The van der Waals surface area contributed by atoms with Crippen molar-refractivity contribution in [1.29, 1.82) is 0 Å². The van der Waals surface area contributed by atoms with Crippen molar-refractivity contribution in [2.45, 2.75) is 18.8 Å². The van der Waals surface area contributed by atoms with Gasteiger partial charge in [0, 0.05) is 17.9 Å². The van der Waals surface area contributed by atoms with Crippen LogP contribution in [0.2, 0.25) is 0 Å². The third kappa shape index (κ3) is 3.04. The Kier molecular flexibility index (Phi) is 4.74. The molecule has 3 nitrogen and oxygen atoms in total. The number of nitrogens with one attached hydrogen (secondary N) is 2. The molecule has 1 aliphatic rings. The van der Waals surface area contributed by atoms with Gasteiger partial charge in [0.25, 0.3) is 0 Å². The maximum absolute atomic E-state index is 11.7. The van der Waals surface area contributed by atoms with Gasteiger partial charge in [0.15, 0.2) is 0 Å². The molecule has 1 aromatic carbocycles. The smallest absolute Gasteiger partial charge is 0.128 e. The summed E-state index contributed by atoms with van der Waals surface area (Å²) in [6, 6.07) is 10.1. The molecule has 1 aliphatic heterocycles. The minimum atomic E-state index is -0.0525. The third-order valence-electron chi connectivity index (χ3n) is 4.15. The minimum absolute atomic E-state index is 0.0114. The molecule has 3 heteroatoms. The maximum atomic E-state index is 11.7. The van der Waals surface area contributed by atoms with Crippen LogP contribution in [0, 0.1) is 5.41 Å². The molecule has 1 saturated heterocycles. The molecule has 1 heterocycles. The second-order valence-corrected chi connectivity index (χ2v) is 5.22. The molecule has 1 aromatic rings. The normalized spacial score (nSPS) is 19.4. The molecular weight excluding hydrogens is 236 g/mol. The molecule has 1 atom stereocenters. The van der Waals surface area contributed by atoms with Gasteiger partial charge in [-0.3, -0.25) is 0 Å². The summed E-state index contributed by atoms with van der Waals surface area (Å²) in [5.74, 6) is -0.0525. The first kappa shape index (κ1) is 13.8. The Morgan fingerprint density at radius 2 is 2.00 bits per heavy atom. The van der Waals surface area contributed by atoms with Gasteiger partial charge < -0.3 is 15.4 Å². The van der Waals surface area contributed by atoms with Gasteiger partial charge in [-0.05, 0) is 37.7 Å². The quantitative estimate of drug-likeness (QED) is 0.768. The standard InChI is InChI=1S/C16H22N2O/c1-2-17-13-16(8-10-18-11-9-16)15(12-19)14-6-4-3-5-7-14/h2-7,12,15,17-18H,1,8-11,13H2. The Hall–Kier alpha value is -1.61. The second-order valence-electron chi connectivity index (χ2n) is 5.22. The maximum Gasteiger partial charge on any atom is 0.128 e. The van der Waals surface area contributed by atoms with E-state index in [4.69, 9.17) is 0 Å². The zero-order chi connectivity index (χ0) is 13.6. The SMILES string of the molecule is C=CNCC1(C(C=O)c2ccccc2)CCNCC1. The van der Waals surface area contributed by atoms with Crippen molar-refractivity contribution in [3.63, 3.8) is 0 Å². The molecule has 19 heavy (non-hydrogen) atoms. The van der Waals surface area contributed by atoms with Gasteiger partial charge in [0.2, 0.25) is 0 Å². The highest BCUT2D eigenvalue weighted by atomic mass is 16.1. The van der Waals surface area contributed by atoms with Crippen LogP contribution in [0.25, 0.3) is 0 Å². The highest BCUT2D eigenvalue weighted by Crippen LogP contribution is 2.41. The van der Waals surface area contributed by atoms with Gasteiger partial charge in [-0.15, -0.1) is 0 Å². The fourth-order valence-electron chi connectivity index (χ4n) is 3.03. The number of carbonyl (C=O) groups excluding carboxylic acids is 1. The van der Waals surface area contributed by atoms with Crippen LogP contribution in [0.4, 0.5) is 0 Å². The highest BCUT2D eigenvalue weighted by Gasteiger charge is 2.40. The lowest BCUT2D eigenvalue weighted by molar-refractivity contribution is -0.112. The van der Waals surface area contributed by atoms with Gasteiger partial charge in [-0.1, -0.05) is 36.9 Å². The van der Waals surface area contributed by atoms with Gasteiger partial charge in [-0.2, -0.15) is 0 Å². The highest BCUT2D eigenvalue weighted by molar-refractivity contribution is 5.64. The van der Waals surface area contributed by atoms with Gasteiger partial charge in [-0.25, -0.2) is 0 Å². The van der Waals surface area contributed by atoms with Crippen LogP contribution in [-0.2, 0) is 4.79 Å². The molecule has 0 radical (unpaired) electrons. The first-order valence-electron chi connectivity index (χ1n) is 6.88. The van der Waals surface area contributed by atoms with Crippen LogP contribution in [0.15, 0.2) is 43.1 Å². The van der Waals surface area contributed by atoms with Crippen LogP contribution in [0.5, 0.6) is 0 Å². The molecule has 102 valence electrons. The Balaban J connectivity index is 2.28.